The number of benzene rings is 1. The quantitative estimate of drug-likeness (QED) is 0.811. The molecule has 0 saturated heterocycles. The molecule has 0 radical (unpaired) electrons. The summed E-state index contributed by atoms with van der Waals surface area (Å²) in [6.07, 6.45) is 1.86. The zero-order valence-corrected chi connectivity index (χ0v) is 14.3. The molecular weight excluding hydrogens is 318 g/mol. The molecule has 1 fully saturated rings. The van der Waals surface area contributed by atoms with Gasteiger partial charge in [0, 0.05) is 23.0 Å². The number of ether oxygens (including phenoxy) is 1. The van der Waals surface area contributed by atoms with Gasteiger partial charge in [-0.05, 0) is 38.0 Å². The van der Waals surface area contributed by atoms with Crippen molar-refractivity contribution in [2.45, 2.75) is 36.6 Å². The minimum absolute atomic E-state index is 0.109. The van der Waals surface area contributed by atoms with E-state index in [0.717, 1.165) is 29.0 Å². The maximum atomic E-state index is 12.9. The second-order valence-electron chi connectivity index (χ2n) is 5.46. The Kier molecular flexibility index (Phi) is 4.25. The van der Waals surface area contributed by atoms with Crippen LogP contribution in [-0.2, 0) is 16.6 Å². The largest absolute Gasteiger partial charge is 0.496 e. The number of hydrogen-bond acceptors (Lipinski definition) is 4. The first-order valence-electron chi connectivity index (χ1n) is 7.22. The van der Waals surface area contributed by atoms with Crippen molar-refractivity contribution in [1.29, 1.82) is 0 Å². The maximum Gasteiger partial charge on any atom is 0.253 e. The summed E-state index contributed by atoms with van der Waals surface area (Å²) >= 11 is 1.33. The van der Waals surface area contributed by atoms with E-state index >= 15 is 0 Å². The van der Waals surface area contributed by atoms with Crippen LogP contribution < -0.4 is 4.74 Å². The van der Waals surface area contributed by atoms with Gasteiger partial charge >= 0.3 is 0 Å². The number of rotatable bonds is 6. The molecule has 0 spiro atoms. The molecule has 0 unspecified atom stereocenters. The van der Waals surface area contributed by atoms with Crippen LogP contribution in [0.4, 0.5) is 0 Å². The molecule has 1 aliphatic carbocycles. The Morgan fingerprint density at radius 3 is 2.55 bits per heavy atom. The van der Waals surface area contributed by atoms with Crippen LogP contribution in [0.1, 0.15) is 23.3 Å². The predicted molar refractivity (Wildman–Crippen MR) is 87.8 cm³/mol. The first kappa shape index (κ1) is 15.5. The summed E-state index contributed by atoms with van der Waals surface area (Å²) < 4.78 is 33.2. The zero-order valence-electron chi connectivity index (χ0n) is 12.7. The standard InChI is InChI=1S/C16H19NO3S2/c1-12-7-10-16(21-12)22(18,19)17(14-8-9-14)11-13-5-3-4-6-15(13)20-2/h3-7,10,14H,8-9,11H2,1-2H3. The van der Waals surface area contributed by atoms with Gasteiger partial charge in [0.25, 0.3) is 10.0 Å². The lowest BCUT2D eigenvalue weighted by Gasteiger charge is -2.22. The minimum Gasteiger partial charge on any atom is -0.496 e. The zero-order chi connectivity index (χ0) is 15.7. The normalized spacial score (nSPS) is 15.2. The van der Waals surface area contributed by atoms with E-state index in [1.165, 1.54) is 11.3 Å². The van der Waals surface area contributed by atoms with Crippen molar-refractivity contribution in [1.82, 2.24) is 4.31 Å². The molecule has 0 aliphatic heterocycles. The lowest BCUT2D eigenvalue weighted by Crippen LogP contribution is -2.32. The summed E-state index contributed by atoms with van der Waals surface area (Å²) in [6, 6.07) is 11.2. The molecular formula is C16H19NO3S2. The summed E-state index contributed by atoms with van der Waals surface area (Å²) in [4.78, 5) is 1.01. The summed E-state index contributed by atoms with van der Waals surface area (Å²) in [7, 11) is -1.84. The molecule has 3 rings (SSSR count). The van der Waals surface area contributed by atoms with Crippen LogP contribution in [-0.4, -0.2) is 25.9 Å². The van der Waals surface area contributed by atoms with Gasteiger partial charge in [-0.2, -0.15) is 4.31 Å². The first-order chi connectivity index (χ1) is 10.5. The summed E-state index contributed by atoms with van der Waals surface area (Å²) in [5.74, 6) is 0.728. The highest BCUT2D eigenvalue weighted by atomic mass is 32.2. The average molecular weight is 337 g/mol. The fourth-order valence-corrected chi connectivity index (χ4v) is 5.52. The highest BCUT2D eigenvalue weighted by molar-refractivity contribution is 7.91. The number of nitrogens with zero attached hydrogens (tertiary/aromatic N) is 1. The van der Waals surface area contributed by atoms with Gasteiger partial charge in [-0.15, -0.1) is 11.3 Å². The minimum atomic E-state index is -3.44. The van der Waals surface area contributed by atoms with Crippen molar-refractivity contribution in [2.24, 2.45) is 0 Å². The fraction of sp³-hybridized carbons (Fsp3) is 0.375. The second kappa shape index (κ2) is 6.02. The number of sulfonamides is 1. The van der Waals surface area contributed by atoms with Crippen molar-refractivity contribution >= 4 is 21.4 Å². The average Bonchev–Trinajstić information content (AvgIpc) is 3.25. The SMILES string of the molecule is COc1ccccc1CN(C1CC1)S(=O)(=O)c1ccc(C)s1. The van der Waals surface area contributed by atoms with Crippen molar-refractivity contribution in [3.63, 3.8) is 0 Å². The summed E-state index contributed by atoms with van der Waals surface area (Å²) in [6.45, 7) is 2.28. The molecule has 22 heavy (non-hydrogen) atoms. The van der Waals surface area contributed by atoms with Crippen molar-refractivity contribution in [3.8, 4) is 5.75 Å². The molecule has 1 heterocycles. The summed E-state index contributed by atoms with van der Waals surface area (Å²) in [5, 5.41) is 0. The van der Waals surface area contributed by atoms with E-state index in [1.807, 2.05) is 37.3 Å². The van der Waals surface area contributed by atoms with E-state index in [2.05, 4.69) is 0 Å². The fourth-order valence-electron chi connectivity index (χ4n) is 2.44. The van der Waals surface area contributed by atoms with Gasteiger partial charge in [0.05, 0.1) is 7.11 Å². The van der Waals surface area contributed by atoms with Crippen LogP contribution in [0.5, 0.6) is 5.75 Å². The van der Waals surface area contributed by atoms with E-state index in [-0.39, 0.29) is 6.04 Å². The van der Waals surface area contributed by atoms with Gasteiger partial charge < -0.3 is 4.74 Å². The van der Waals surface area contributed by atoms with Crippen LogP contribution in [0.25, 0.3) is 0 Å². The van der Waals surface area contributed by atoms with Gasteiger partial charge in [0.1, 0.15) is 9.96 Å². The first-order valence-corrected chi connectivity index (χ1v) is 9.48. The van der Waals surface area contributed by atoms with Crippen molar-refractivity contribution in [2.75, 3.05) is 7.11 Å². The molecule has 2 aromatic rings. The van der Waals surface area contributed by atoms with E-state index in [0.29, 0.717) is 10.8 Å². The number of thiophene rings is 1. The molecule has 4 nitrogen and oxygen atoms in total. The van der Waals surface area contributed by atoms with E-state index in [9.17, 15) is 8.42 Å². The molecule has 0 atom stereocenters. The Morgan fingerprint density at radius 2 is 1.95 bits per heavy atom. The summed E-state index contributed by atoms with van der Waals surface area (Å²) in [5.41, 5.74) is 0.897. The Balaban J connectivity index is 1.94. The highest BCUT2D eigenvalue weighted by Gasteiger charge is 2.39. The highest BCUT2D eigenvalue weighted by Crippen LogP contribution is 2.36. The third-order valence-corrected chi connectivity index (χ3v) is 7.12. The molecule has 0 bridgehead atoms. The molecule has 0 amide bonds. The molecule has 6 heteroatoms. The van der Waals surface area contributed by atoms with Crippen molar-refractivity contribution in [3.05, 3.63) is 46.8 Å². The van der Waals surface area contributed by atoms with E-state index < -0.39 is 10.0 Å². The van der Waals surface area contributed by atoms with Crippen LogP contribution >= 0.6 is 11.3 Å². The lowest BCUT2D eigenvalue weighted by molar-refractivity contribution is 0.375. The lowest BCUT2D eigenvalue weighted by atomic mass is 10.2. The second-order valence-corrected chi connectivity index (χ2v) is 8.86. The maximum absolute atomic E-state index is 12.9. The van der Waals surface area contributed by atoms with Gasteiger partial charge in [0.15, 0.2) is 0 Å². The molecule has 118 valence electrons. The number of hydrogen-bond donors (Lipinski definition) is 0. The number of methoxy groups -OCH3 is 1. The molecule has 1 saturated carbocycles. The Bertz CT molecular complexity index is 763. The Hall–Kier alpha value is -1.37. The molecule has 1 aromatic heterocycles. The molecule has 1 aliphatic rings. The molecule has 0 N–H and O–H groups in total. The van der Waals surface area contributed by atoms with Gasteiger partial charge in [-0.3, -0.25) is 0 Å². The number of para-hydroxylation sites is 1. The Labute approximate surface area is 135 Å². The van der Waals surface area contributed by atoms with E-state index in [1.54, 1.807) is 17.5 Å². The van der Waals surface area contributed by atoms with Crippen LogP contribution in [0.3, 0.4) is 0 Å². The monoisotopic (exact) mass is 337 g/mol. The third kappa shape index (κ3) is 3.04. The van der Waals surface area contributed by atoms with Crippen LogP contribution in [0.15, 0.2) is 40.6 Å². The topological polar surface area (TPSA) is 46.6 Å². The van der Waals surface area contributed by atoms with Gasteiger partial charge in [-0.25, -0.2) is 8.42 Å². The Morgan fingerprint density at radius 1 is 1.23 bits per heavy atom. The molecule has 1 aromatic carbocycles. The van der Waals surface area contributed by atoms with E-state index in [4.69, 9.17) is 4.74 Å². The smallest absolute Gasteiger partial charge is 0.253 e. The van der Waals surface area contributed by atoms with Gasteiger partial charge in [0.2, 0.25) is 0 Å². The van der Waals surface area contributed by atoms with Crippen LogP contribution in [0.2, 0.25) is 0 Å². The van der Waals surface area contributed by atoms with Gasteiger partial charge in [-0.1, -0.05) is 18.2 Å². The predicted octanol–water partition coefficient (Wildman–Crippen LogP) is 3.42. The van der Waals surface area contributed by atoms with Crippen molar-refractivity contribution < 1.29 is 13.2 Å². The third-order valence-electron chi connectivity index (χ3n) is 3.75. The number of aryl methyl sites for hydroxylation is 1. The van der Waals surface area contributed by atoms with Crippen LogP contribution in [0, 0.1) is 6.92 Å².